The molecule has 230 valence electrons. The lowest BCUT2D eigenvalue weighted by molar-refractivity contribution is 1.18. The summed E-state index contributed by atoms with van der Waals surface area (Å²) in [5.74, 6) is 0. The lowest BCUT2D eigenvalue weighted by Gasteiger charge is -2.16. The fourth-order valence-electron chi connectivity index (χ4n) is 7.37. The number of hydrogen-bond donors (Lipinski definition) is 0. The van der Waals surface area contributed by atoms with Gasteiger partial charge in [0.25, 0.3) is 0 Å². The number of fused-ring (bicyclic) bond motifs is 6. The lowest BCUT2D eigenvalue weighted by atomic mass is 9.95. The Labute approximate surface area is 288 Å². The van der Waals surface area contributed by atoms with Gasteiger partial charge in [-0.3, -0.25) is 0 Å². The largest absolute Gasteiger partial charge is 0.309 e. The molecule has 0 aliphatic rings. The van der Waals surface area contributed by atoms with Gasteiger partial charge in [0.15, 0.2) is 5.69 Å². The van der Waals surface area contributed by atoms with E-state index in [1.54, 1.807) is 0 Å². The van der Waals surface area contributed by atoms with E-state index in [1.807, 2.05) is 72.8 Å². The minimum atomic E-state index is 0.594. The molecular formula is C45H25N5. The molecule has 0 radical (unpaired) electrons. The molecule has 9 aromatic rings. The summed E-state index contributed by atoms with van der Waals surface area (Å²) in [4.78, 5) is 3.67. The first-order chi connectivity index (χ1) is 24.7. The Kier molecular flexibility index (Phi) is 6.56. The highest BCUT2D eigenvalue weighted by Crippen LogP contribution is 2.39. The number of nitriles is 2. The standard InChI is InChI=1S/C45H25N5/c1-48-34-20-24-43-39(26-34)37-9-3-5-11-41(37)50(43)44-12-6-7-33(28-47)45(44)32-16-14-30(15-17-32)31-18-21-35(22-19-31)49-40-10-4-2-8-36(40)38-25-29(27-46)13-23-42(38)49/h2-26H. The van der Waals surface area contributed by atoms with E-state index in [-0.39, 0.29) is 0 Å². The van der Waals surface area contributed by atoms with E-state index >= 15 is 0 Å². The second-order valence-corrected chi connectivity index (χ2v) is 12.3. The molecule has 0 saturated carbocycles. The van der Waals surface area contributed by atoms with Gasteiger partial charge >= 0.3 is 0 Å². The maximum Gasteiger partial charge on any atom is 0.188 e. The van der Waals surface area contributed by atoms with Crippen LogP contribution < -0.4 is 0 Å². The fourth-order valence-corrected chi connectivity index (χ4v) is 7.37. The van der Waals surface area contributed by atoms with Crippen molar-refractivity contribution in [1.29, 1.82) is 10.5 Å². The first kappa shape index (κ1) is 28.8. The molecule has 0 aliphatic carbocycles. The molecule has 5 heteroatoms. The van der Waals surface area contributed by atoms with Crippen LogP contribution in [0.15, 0.2) is 152 Å². The molecule has 0 amide bonds. The van der Waals surface area contributed by atoms with Crippen LogP contribution in [0.1, 0.15) is 11.1 Å². The molecule has 9 rings (SSSR count). The van der Waals surface area contributed by atoms with E-state index in [4.69, 9.17) is 6.57 Å². The van der Waals surface area contributed by atoms with Gasteiger partial charge in [-0.1, -0.05) is 84.9 Å². The van der Waals surface area contributed by atoms with Gasteiger partial charge in [-0.05, 0) is 88.8 Å². The number of rotatable bonds is 4. The van der Waals surface area contributed by atoms with Crippen LogP contribution in [0.4, 0.5) is 5.69 Å². The van der Waals surface area contributed by atoms with Crippen LogP contribution in [0.2, 0.25) is 0 Å². The Morgan fingerprint density at radius 3 is 1.74 bits per heavy atom. The Hall–Kier alpha value is -7.39. The van der Waals surface area contributed by atoms with Gasteiger partial charge < -0.3 is 9.13 Å². The van der Waals surface area contributed by atoms with E-state index in [2.05, 4.69) is 105 Å². The van der Waals surface area contributed by atoms with E-state index in [0.29, 0.717) is 16.8 Å². The van der Waals surface area contributed by atoms with Crippen LogP contribution in [-0.2, 0) is 0 Å². The number of nitrogens with zero attached hydrogens (tertiary/aromatic N) is 5. The van der Waals surface area contributed by atoms with Crippen molar-refractivity contribution in [1.82, 2.24) is 9.13 Å². The highest BCUT2D eigenvalue weighted by Gasteiger charge is 2.19. The maximum absolute atomic E-state index is 10.3. The average Bonchev–Trinajstić information content (AvgIpc) is 3.69. The highest BCUT2D eigenvalue weighted by atomic mass is 15.0. The predicted molar refractivity (Wildman–Crippen MR) is 202 cm³/mol. The molecule has 2 aromatic heterocycles. The van der Waals surface area contributed by atoms with Crippen molar-refractivity contribution in [3.63, 3.8) is 0 Å². The molecule has 50 heavy (non-hydrogen) atoms. The molecule has 0 unspecified atom stereocenters. The second kappa shape index (κ2) is 11.4. The third kappa shape index (κ3) is 4.38. The van der Waals surface area contributed by atoms with Gasteiger partial charge in [0.05, 0.1) is 57.6 Å². The molecule has 0 N–H and O–H groups in total. The van der Waals surface area contributed by atoms with Crippen molar-refractivity contribution in [2.45, 2.75) is 0 Å². The molecule has 7 aromatic carbocycles. The second-order valence-electron chi connectivity index (χ2n) is 12.3. The zero-order valence-electron chi connectivity index (χ0n) is 26.7. The Balaban J connectivity index is 1.13. The van der Waals surface area contributed by atoms with E-state index in [9.17, 15) is 10.5 Å². The highest BCUT2D eigenvalue weighted by molar-refractivity contribution is 6.11. The van der Waals surface area contributed by atoms with E-state index < -0.39 is 0 Å². The molecule has 0 spiro atoms. The number of aromatic nitrogens is 2. The summed E-state index contributed by atoms with van der Waals surface area (Å²) in [7, 11) is 0. The molecule has 2 heterocycles. The van der Waals surface area contributed by atoms with Crippen molar-refractivity contribution >= 4 is 49.3 Å². The summed E-state index contributed by atoms with van der Waals surface area (Å²) in [5, 5.41) is 24.0. The number of benzene rings is 7. The van der Waals surface area contributed by atoms with Gasteiger partial charge in [0.2, 0.25) is 0 Å². The third-order valence-electron chi connectivity index (χ3n) is 9.62. The summed E-state index contributed by atoms with van der Waals surface area (Å²) >= 11 is 0. The molecule has 5 nitrogen and oxygen atoms in total. The van der Waals surface area contributed by atoms with Crippen molar-refractivity contribution in [3.8, 4) is 45.8 Å². The normalized spacial score (nSPS) is 11.1. The summed E-state index contributed by atoms with van der Waals surface area (Å²) in [6, 6.07) is 55.7. The molecule has 0 atom stereocenters. The minimum absolute atomic E-state index is 0.594. The van der Waals surface area contributed by atoms with E-state index in [1.165, 1.54) is 0 Å². The van der Waals surface area contributed by atoms with Crippen LogP contribution in [0.25, 0.3) is 82.1 Å². The van der Waals surface area contributed by atoms with Gasteiger partial charge in [0.1, 0.15) is 0 Å². The first-order valence-corrected chi connectivity index (χ1v) is 16.3. The SMILES string of the molecule is [C-]#[N+]c1ccc2c(c1)c1ccccc1n2-c1cccc(C#N)c1-c1ccc(-c2ccc(-n3c4ccccc4c4cc(C#N)ccc43)cc2)cc1. The van der Waals surface area contributed by atoms with Crippen molar-refractivity contribution < 1.29 is 0 Å². The van der Waals surface area contributed by atoms with Gasteiger partial charge in [-0.15, -0.1) is 0 Å². The number of hydrogen-bond acceptors (Lipinski definition) is 2. The van der Waals surface area contributed by atoms with Crippen LogP contribution in [0.5, 0.6) is 0 Å². The topological polar surface area (TPSA) is 61.8 Å². The predicted octanol–water partition coefficient (Wildman–Crippen LogP) is 11.5. The quantitative estimate of drug-likeness (QED) is 0.181. The van der Waals surface area contributed by atoms with Crippen molar-refractivity contribution in [2.24, 2.45) is 0 Å². The van der Waals surface area contributed by atoms with Crippen LogP contribution in [0.3, 0.4) is 0 Å². The maximum atomic E-state index is 10.3. The molecule has 0 bridgehead atoms. The van der Waals surface area contributed by atoms with Gasteiger partial charge in [-0.25, -0.2) is 4.85 Å². The van der Waals surface area contributed by atoms with Gasteiger partial charge in [-0.2, -0.15) is 10.5 Å². The lowest BCUT2D eigenvalue weighted by Crippen LogP contribution is -1.99. The monoisotopic (exact) mass is 635 g/mol. The number of para-hydroxylation sites is 2. The summed E-state index contributed by atoms with van der Waals surface area (Å²) in [6.45, 7) is 7.56. The summed E-state index contributed by atoms with van der Waals surface area (Å²) < 4.78 is 4.45. The van der Waals surface area contributed by atoms with Crippen molar-refractivity contribution in [2.75, 3.05) is 0 Å². The third-order valence-corrected chi connectivity index (χ3v) is 9.62. The minimum Gasteiger partial charge on any atom is -0.309 e. The molecule has 0 aliphatic heterocycles. The zero-order chi connectivity index (χ0) is 33.8. The Bertz CT molecular complexity index is 2940. The van der Waals surface area contributed by atoms with Crippen LogP contribution in [0, 0.1) is 29.2 Å². The molecular weight excluding hydrogens is 611 g/mol. The smallest absolute Gasteiger partial charge is 0.188 e. The first-order valence-electron chi connectivity index (χ1n) is 16.3. The molecule has 0 fully saturated rings. The van der Waals surface area contributed by atoms with Gasteiger partial charge in [0, 0.05) is 27.4 Å². The Morgan fingerprint density at radius 1 is 0.480 bits per heavy atom. The Morgan fingerprint density at radius 2 is 1.06 bits per heavy atom. The zero-order valence-corrected chi connectivity index (χ0v) is 26.7. The fraction of sp³-hybridized carbons (Fsp3) is 0. The average molecular weight is 636 g/mol. The summed E-state index contributed by atoms with van der Waals surface area (Å²) in [5.41, 5.74) is 11.9. The van der Waals surface area contributed by atoms with Crippen LogP contribution >= 0.6 is 0 Å². The summed E-state index contributed by atoms with van der Waals surface area (Å²) in [6.07, 6.45) is 0. The van der Waals surface area contributed by atoms with Crippen molar-refractivity contribution in [3.05, 3.63) is 174 Å². The van der Waals surface area contributed by atoms with Crippen LogP contribution in [-0.4, -0.2) is 9.13 Å². The molecule has 0 saturated heterocycles. The van der Waals surface area contributed by atoms with E-state index in [0.717, 1.165) is 77.2 Å².